The largest absolute Gasteiger partial charge is 0.310 e. The van der Waals surface area contributed by atoms with Crippen molar-refractivity contribution >= 4 is 59.6 Å². The van der Waals surface area contributed by atoms with E-state index in [1.54, 1.807) is 11.3 Å². The summed E-state index contributed by atoms with van der Waals surface area (Å²) in [4.78, 5) is 7.52. The molecule has 3 heteroatoms. The predicted octanol–water partition coefficient (Wildman–Crippen LogP) is 13.1. The lowest BCUT2D eigenvalue weighted by molar-refractivity contribution is 1.29. The Hall–Kier alpha value is -6.03. The van der Waals surface area contributed by atoms with Crippen molar-refractivity contribution in [2.45, 2.75) is 0 Å². The molecule has 0 atom stereocenters. The highest BCUT2D eigenvalue weighted by atomic mass is 32.1. The van der Waals surface area contributed by atoms with Gasteiger partial charge < -0.3 is 4.90 Å². The van der Waals surface area contributed by atoms with Gasteiger partial charge in [-0.2, -0.15) is 0 Å². The van der Waals surface area contributed by atoms with Crippen LogP contribution < -0.4 is 4.90 Å². The molecule has 0 spiro atoms. The summed E-state index contributed by atoms with van der Waals surface area (Å²) < 4.78 is 2.45. The topological polar surface area (TPSA) is 16.1 Å². The molecule has 0 amide bonds. The second-order valence-corrected chi connectivity index (χ2v) is 13.1. The van der Waals surface area contributed by atoms with E-state index < -0.39 is 0 Å². The Morgan fingerprint density at radius 1 is 0.417 bits per heavy atom. The van der Waals surface area contributed by atoms with E-state index in [2.05, 4.69) is 187 Å². The number of para-hydroxylation sites is 2. The molecule has 0 aliphatic heterocycles. The number of fused-ring (bicyclic) bond motifs is 4. The fourth-order valence-corrected chi connectivity index (χ4v) is 7.74. The SMILES string of the molecule is c1ccc(-c2ccc(-c3ccc(N(c4ccc5sc6cc7ccccc7nc6c5c4)c4ccccc4-c4ccccc4)cc3)cc2)cc1. The first-order valence-electron chi connectivity index (χ1n) is 16.2. The molecular formula is C45H30N2S. The lowest BCUT2D eigenvalue weighted by Gasteiger charge is -2.28. The Labute approximate surface area is 283 Å². The predicted molar refractivity (Wildman–Crippen MR) is 206 cm³/mol. The summed E-state index contributed by atoms with van der Waals surface area (Å²) >= 11 is 1.81. The van der Waals surface area contributed by atoms with Crippen LogP contribution in [-0.4, -0.2) is 4.98 Å². The van der Waals surface area contributed by atoms with Crippen molar-refractivity contribution in [3.63, 3.8) is 0 Å². The van der Waals surface area contributed by atoms with Crippen molar-refractivity contribution in [1.29, 1.82) is 0 Å². The minimum atomic E-state index is 1.02. The van der Waals surface area contributed by atoms with Crippen LogP contribution in [0.15, 0.2) is 182 Å². The zero-order valence-electron chi connectivity index (χ0n) is 26.1. The summed E-state index contributed by atoms with van der Waals surface area (Å²) in [5.74, 6) is 0. The van der Waals surface area contributed by atoms with Crippen LogP contribution in [-0.2, 0) is 0 Å². The Morgan fingerprint density at radius 3 is 1.71 bits per heavy atom. The summed E-state index contributed by atoms with van der Waals surface area (Å²) in [5, 5.41) is 2.35. The normalized spacial score (nSPS) is 11.3. The van der Waals surface area contributed by atoms with Crippen LogP contribution in [0.5, 0.6) is 0 Å². The van der Waals surface area contributed by atoms with Gasteiger partial charge in [-0.25, -0.2) is 4.98 Å². The first kappa shape index (κ1) is 28.2. The van der Waals surface area contributed by atoms with Gasteiger partial charge in [0.25, 0.3) is 0 Å². The van der Waals surface area contributed by atoms with Gasteiger partial charge >= 0.3 is 0 Å². The van der Waals surface area contributed by atoms with Crippen LogP contribution in [0.25, 0.3) is 64.6 Å². The number of anilines is 3. The molecule has 0 saturated carbocycles. The molecule has 0 fully saturated rings. The highest BCUT2D eigenvalue weighted by Gasteiger charge is 2.19. The minimum absolute atomic E-state index is 1.02. The fraction of sp³-hybridized carbons (Fsp3) is 0. The quantitative estimate of drug-likeness (QED) is 0.182. The van der Waals surface area contributed by atoms with Gasteiger partial charge in [-0.15, -0.1) is 11.3 Å². The summed E-state index contributed by atoms with van der Waals surface area (Å²) in [6.45, 7) is 0. The number of thiophene rings is 1. The van der Waals surface area contributed by atoms with Crippen LogP contribution in [0, 0.1) is 0 Å². The monoisotopic (exact) mass is 630 g/mol. The van der Waals surface area contributed by atoms with Gasteiger partial charge in [0.1, 0.15) is 0 Å². The van der Waals surface area contributed by atoms with Gasteiger partial charge in [0.15, 0.2) is 0 Å². The van der Waals surface area contributed by atoms with Crippen molar-refractivity contribution in [3.05, 3.63) is 182 Å². The third-order valence-corrected chi connectivity index (χ3v) is 10.2. The van der Waals surface area contributed by atoms with E-state index in [0.29, 0.717) is 0 Å². The van der Waals surface area contributed by atoms with Crippen LogP contribution in [0.4, 0.5) is 17.1 Å². The first-order chi connectivity index (χ1) is 23.8. The average molecular weight is 631 g/mol. The molecule has 2 heterocycles. The Balaban J connectivity index is 1.17. The zero-order chi connectivity index (χ0) is 31.9. The Morgan fingerprint density at radius 2 is 0.979 bits per heavy atom. The third kappa shape index (κ3) is 5.11. The van der Waals surface area contributed by atoms with E-state index >= 15 is 0 Å². The van der Waals surface area contributed by atoms with Gasteiger partial charge in [-0.3, -0.25) is 0 Å². The number of nitrogens with zero attached hydrogens (tertiary/aromatic N) is 2. The highest BCUT2D eigenvalue weighted by molar-refractivity contribution is 7.25. The van der Waals surface area contributed by atoms with Crippen LogP contribution in [0.2, 0.25) is 0 Å². The maximum atomic E-state index is 5.14. The smallest absolute Gasteiger partial charge is 0.0896 e. The van der Waals surface area contributed by atoms with Crippen molar-refractivity contribution in [2.24, 2.45) is 0 Å². The molecule has 0 radical (unpaired) electrons. The number of aromatic nitrogens is 1. The zero-order valence-corrected chi connectivity index (χ0v) is 26.9. The number of pyridine rings is 1. The van der Waals surface area contributed by atoms with Gasteiger partial charge in [-0.1, -0.05) is 133 Å². The molecule has 0 bridgehead atoms. The van der Waals surface area contributed by atoms with E-state index in [1.165, 1.54) is 53.6 Å². The fourth-order valence-electron chi connectivity index (χ4n) is 6.66. The molecule has 2 aromatic heterocycles. The second-order valence-electron chi connectivity index (χ2n) is 12.0. The molecule has 9 aromatic rings. The minimum Gasteiger partial charge on any atom is -0.310 e. The first-order valence-corrected chi connectivity index (χ1v) is 17.0. The number of hydrogen-bond acceptors (Lipinski definition) is 3. The maximum absolute atomic E-state index is 5.14. The van der Waals surface area contributed by atoms with E-state index in [0.717, 1.165) is 28.1 Å². The Kier molecular flexibility index (Phi) is 7.03. The molecule has 9 rings (SSSR count). The van der Waals surface area contributed by atoms with E-state index in [4.69, 9.17) is 4.98 Å². The lowest BCUT2D eigenvalue weighted by Crippen LogP contribution is -2.11. The molecule has 2 nitrogen and oxygen atoms in total. The lowest BCUT2D eigenvalue weighted by atomic mass is 9.99. The summed E-state index contributed by atoms with van der Waals surface area (Å²) in [7, 11) is 0. The third-order valence-electron chi connectivity index (χ3n) is 9.07. The van der Waals surface area contributed by atoms with Gasteiger partial charge in [-0.05, 0) is 76.3 Å². The van der Waals surface area contributed by atoms with Crippen molar-refractivity contribution in [2.75, 3.05) is 4.90 Å². The van der Waals surface area contributed by atoms with E-state index in [9.17, 15) is 0 Å². The molecule has 0 unspecified atom stereocenters. The van der Waals surface area contributed by atoms with E-state index in [-0.39, 0.29) is 0 Å². The van der Waals surface area contributed by atoms with E-state index in [1.807, 2.05) is 0 Å². The van der Waals surface area contributed by atoms with Crippen LogP contribution in [0.1, 0.15) is 0 Å². The molecule has 0 aliphatic carbocycles. The second kappa shape index (κ2) is 12.0. The maximum Gasteiger partial charge on any atom is 0.0896 e. The van der Waals surface area contributed by atoms with Gasteiger partial charge in [0.05, 0.1) is 21.4 Å². The average Bonchev–Trinajstić information content (AvgIpc) is 3.52. The van der Waals surface area contributed by atoms with Crippen molar-refractivity contribution in [1.82, 2.24) is 4.98 Å². The molecule has 0 aliphatic rings. The molecule has 48 heavy (non-hydrogen) atoms. The molecule has 0 N–H and O–H groups in total. The van der Waals surface area contributed by atoms with Crippen LogP contribution >= 0.6 is 11.3 Å². The number of rotatable bonds is 6. The molecule has 226 valence electrons. The standard InChI is InChI=1S/C45H30N2S/c1-3-11-31(12-4-1)32-19-21-33(22-20-32)34-23-25-37(26-24-34)47(42-18-10-8-16-39(42)35-13-5-2-6-14-35)38-27-28-43-40(30-38)45-44(48-43)29-36-15-7-9-17-41(36)46-45/h1-30H. The summed E-state index contributed by atoms with van der Waals surface area (Å²) in [5.41, 5.74) is 12.6. The van der Waals surface area contributed by atoms with Crippen molar-refractivity contribution < 1.29 is 0 Å². The summed E-state index contributed by atoms with van der Waals surface area (Å²) in [6, 6.07) is 65.1. The molecule has 0 saturated heterocycles. The Bertz CT molecular complexity index is 2540. The molecular weight excluding hydrogens is 601 g/mol. The number of benzene rings is 7. The highest BCUT2D eigenvalue weighted by Crippen LogP contribution is 2.44. The van der Waals surface area contributed by atoms with Gasteiger partial charge in [0.2, 0.25) is 0 Å². The van der Waals surface area contributed by atoms with Crippen LogP contribution in [0.3, 0.4) is 0 Å². The summed E-state index contributed by atoms with van der Waals surface area (Å²) in [6.07, 6.45) is 0. The van der Waals surface area contributed by atoms with Crippen molar-refractivity contribution in [3.8, 4) is 33.4 Å². The molecule has 7 aromatic carbocycles. The number of hydrogen-bond donors (Lipinski definition) is 0. The van der Waals surface area contributed by atoms with Gasteiger partial charge in [0, 0.05) is 32.4 Å².